The Bertz CT molecular complexity index is 454. The number of hydrogen-bond donors (Lipinski definition) is 1. The average Bonchev–Trinajstić information content (AvgIpc) is 2.98. The molecule has 0 aliphatic carbocycles. The van der Waals surface area contributed by atoms with Gasteiger partial charge in [-0.15, -0.1) is 0 Å². The zero-order valence-electron chi connectivity index (χ0n) is 11.6. The summed E-state index contributed by atoms with van der Waals surface area (Å²) in [6.45, 7) is 8.00. The van der Waals surface area contributed by atoms with Crippen molar-refractivity contribution < 1.29 is 0 Å². The van der Waals surface area contributed by atoms with Gasteiger partial charge in [-0.2, -0.15) is 0 Å². The maximum atomic E-state index is 6.09. The second kappa shape index (κ2) is 6.75. The first-order valence-electron chi connectivity index (χ1n) is 7.33. The van der Waals surface area contributed by atoms with Crippen LogP contribution in [0.3, 0.4) is 0 Å². The van der Waals surface area contributed by atoms with Gasteiger partial charge in [0, 0.05) is 54.8 Å². The van der Waals surface area contributed by atoms with Gasteiger partial charge in [0.15, 0.2) is 0 Å². The third-order valence-electron chi connectivity index (χ3n) is 4.36. The number of halogens is 2. The van der Waals surface area contributed by atoms with Crippen molar-refractivity contribution in [1.82, 2.24) is 15.1 Å². The summed E-state index contributed by atoms with van der Waals surface area (Å²) in [5.74, 6) is 0. The van der Waals surface area contributed by atoms with Crippen LogP contribution in [-0.4, -0.2) is 55.1 Å². The minimum atomic E-state index is 0.759. The summed E-state index contributed by atoms with van der Waals surface area (Å²) in [6.07, 6.45) is 1.31. The van der Waals surface area contributed by atoms with Gasteiger partial charge in [-0.1, -0.05) is 27.5 Å². The summed E-state index contributed by atoms with van der Waals surface area (Å²) >= 11 is 9.71. The maximum Gasteiger partial charge on any atom is 0.0410 e. The summed E-state index contributed by atoms with van der Waals surface area (Å²) in [6, 6.07) is 6.80. The van der Waals surface area contributed by atoms with Gasteiger partial charge in [-0.05, 0) is 36.7 Å². The zero-order valence-corrected chi connectivity index (χ0v) is 14.0. The molecule has 1 unspecified atom stereocenters. The second-order valence-electron chi connectivity index (χ2n) is 5.69. The highest BCUT2D eigenvalue weighted by Gasteiger charge is 2.26. The highest BCUT2D eigenvalue weighted by Crippen LogP contribution is 2.23. The van der Waals surface area contributed by atoms with E-state index in [2.05, 4.69) is 37.1 Å². The Kier molecular flexibility index (Phi) is 5.00. The summed E-state index contributed by atoms with van der Waals surface area (Å²) in [4.78, 5) is 5.17. The van der Waals surface area contributed by atoms with E-state index in [0.717, 1.165) is 35.2 Å². The molecule has 0 saturated carbocycles. The topological polar surface area (TPSA) is 18.5 Å². The van der Waals surface area contributed by atoms with Crippen LogP contribution in [0, 0.1) is 0 Å². The minimum Gasteiger partial charge on any atom is -0.315 e. The number of benzene rings is 1. The monoisotopic (exact) mass is 357 g/mol. The van der Waals surface area contributed by atoms with Crippen molar-refractivity contribution in [2.75, 3.05) is 39.3 Å². The predicted molar refractivity (Wildman–Crippen MR) is 87.3 cm³/mol. The third kappa shape index (κ3) is 3.55. The van der Waals surface area contributed by atoms with E-state index < -0.39 is 0 Å². The molecule has 0 bridgehead atoms. The molecule has 1 atom stereocenters. The molecule has 0 aromatic heterocycles. The average molecular weight is 359 g/mol. The van der Waals surface area contributed by atoms with Crippen LogP contribution in [0.2, 0.25) is 5.02 Å². The van der Waals surface area contributed by atoms with Crippen LogP contribution in [0.15, 0.2) is 22.7 Å². The molecule has 2 aliphatic heterocycles. The van der Waals surface area contributed by atoms with E-state index in [1.807, 2.05) is 12.1 Å². The molecule has 2 fully saturated rings. The van der Waals surface area contributed by atoms with Crippen LogP contribution >= 0.6 is 27.5 Å². The Morgan fingerprint density at radius 3 is 2.75 bits per heavy atom. The van der Waals surface area contributed by atoms with E-state index in [1.165, 1.54) is 38.2 Å². The summed E-state index contributed by atoms with van der Waals surface area (Å²) in [5, 5.41) is 4.28. The van der Waals surface area contributed by atoms with Crippen molar-refractivity contribution >= 4 is 27.5 Å². The van der Waals surface area contributed by atoms with E-state index in [4.69, 9.17) is 11.6 Å². The number of rotatable bonds is 3. The molecule has 2 heterocycles. The molecule has 2 saturated heterocycles. The highest BCUT2D eigenvalue weighted by atomic mass is 79.9. The zero-order chi connectivity index (χ0) is 13.9. The lowest BCUT2D eigenvalue weighted by molar-refractivity contribution is 0.0980. The van der Waals surface area contributed by atoms with E-state index in [1.54, 1.807) is 0 Å². The summed E-state index contributed by atoms with van der Waals surface area (Å²) in [7, 11) is 0. The second-order valence-corrected chi connectivity index (χ2v) is 6.99. The lowest BCUT2D eigenvalue weighted by Crippen LogP contribution is -2.50. The predicted octanol–water partition coefficient (Wildman–Crippen LogP) is 2.58. The molecule has 0 amide bonds. The fourth-order valence-electron chi connectivity index (χ4n) is 3.14. The Balaban J connectivity index is 1.54. The van der Waals surface area contributed by atoms with Crippen molar-refractivity contribution in [2.24, 2.45) is 0 Å². The van der Waals surface area contributed by atoms with Gasteiger partial charge in [0.05, 0.1) is 0 Å². The largest absolute Gasteiger partial charge is 0.315 e. The smallest absolute Gasteiger partial charge is 0.0410 e. The summed E-state index contributed by atoms with van der Waals surface area (Å²) in [5.41, 5.74) is 1.29. The van der Waals surface area contributed by atoms with Gasteiger partial charge in [-0.3, -0.25) is 9.80 Å². The van der Waals surface area contributed by atoms with E-state index in [-0.39, 0.29) is 0 Å². The Labute approximate surface area is 134 Å². The van der Waals surface area contributed by atoms with Gasteiger partial charge in [-0.25, -0.2) is 0 Å². The number of piperazine rings is 1. The molecule has 110 valence electrons. The van der Waals surface area contributed by atoms with Gasteiger partial charge >= 0.3 is 0 Å². The van der Waals surface area contributed by atoms with E-state index >= 15 is 0 Å². The Morgan fingerprint density at radius 2 is 2.05 bits per heavy atom. The molecule has 1 aromatic rings. The number of nitrogens with one attached hydrogen (secondary N) is 1. The van der Waals surface area contributed by atoms with Gasteiger partial charge < -0.3 is 5.32 Å². The molecule has 5 heteroatoms. The standard InChI is InChI=1S/C15H21BrClN3/c16-15-2-1-13(17)9-12(15)11-19-5-7-20(8-6-19)14-3-4-18-10-14/h1-2,9,14,18H,3-8,10-11H2. The SMILES string of the molecule is Clc1ccc(Br)c(CN2CCN(C3CCNC3)CC2)c1. The third-order valence-corrected chi connectivity index (χ3v) is 5.37. The van der Waals surface area contributed by atoms with Crippen LogP contribution in [0.5, 0.6) is 0 Å². The molecule has 3 rings (SSSR count). The molecule has 0 spiro atoms. The van der Waals surface area contributed by atoms with Crippen LogP contribution in [0.4, 0.5) is 0 Å². The number of nitrogens with zero attached hydrogens (tertiary/aromatic N) is 2. The Morgan fingerprint density at radius 1 is 1.25 bits per heavy atom. The molecular formula is C15H21BrClN3. The first-order chi connectivity index (χ1) is 9.72. The molecule has 3 nitrogen and oxygen atoms in total. The normalized spacial score (nSPS) is 25.2. The molecule has 1 N–H and O–H groups in total. The first kappa shape index (κ1) is 14.8. The van der Waals surface area contributed by atoms with Crippen LogP contribution in [0.25, 0.3) is 0 Å². The van der Waals surface area contributed by atoms with Crippen molar-refractivity contribution in [3.63, 3.8) is 0 Å². The summed E-state index contributed by atoms with van der Waals surface area (Å²) < 4.78 is 1.16. The van der Waals surface area contributed by atoms with Crippen molar-refractivity contribution in [3.05, 3.63) is 33.3 Å². The molecule has 20 heavy (non-hydrogen) atoms. The lowest BCUT2D eigenvalue weighted by atomic mass is 10.1. The van der Waals surface area contributed by atoms with Gasteiger partial charge in [0.25, 0.3) is 0 Å². The van der Waals surface area contributed by atoms with Crippen molar-refractivity contribution in [2.45, 2.75) is 19.0 Å². The van der Waals surface area contributed by atoms with Crippen molar-refractivity contribution in [3.8, 4) is 0 Å². The fraction of sp³-hybridized carbons (Fsp3) is 0.600. The highest BCUT2D eigenvalue weighted by molar-refractivity contribution is 9.10. The van der Waals surface area contributed by atoms with Gasteiger partial charge in [0.2, 0.25) is 0 Å². The Hall–Kier alpha value is -0.130. The molecule has 1 aromatic carbocycles. The molecule has 0 radical (unpaired) electrons. The fourth-order valence-corrected chi connectivity index (χ4v) is 3.71. The van der Waals surface area contributed by atoms with Crippen molar-refractivity contribution in [1.29, 1.82) is 0 Å². The molecule has 2 aliphatic rings. The lowest BCUT2D eigenvalue weighted by Gasteiger charge is -2.37. The van der Waals surface area contributed by atoms with E-state index in [0.29, 0.717) is 0 Å². The first-order valence-corrected chi connectivity index (χ1v) is 8.50. The van der Waals surface area contributed by atoms with Crippen LogP contribution < -0.4 is 5.32 Å². The van der Waals surface area contributed by atoms with Gasteiger partial charge in [0.1, 0.15) is 0 Å². The van der Waals surface area contributed by atoms with Crippen LogP contribution in [-0.2, 0) is 6.54 Å². The van der Waals surface area contributed by atoms with E-state index in [9.17, 15) is 0 Å². The maximum absolute atomic E-state index is 6.09. The number of hydrogen-bond acceptors (Lipinski definition) is 3. The van der Waals surface area contributed by atoms with Crippen LogP contribution in [0.1, 0.15) is 12.0 Å². The minimum absolute atomic E-state index is 0.759. The quantitative estimate of drug-likeness (QED) is 0.896. The molecular weight excluding hydrogens is 338 g/mol.